The molecule has 6 rings (SSSR count). The van der Waals surface area contributed by atoms with Gasteiger partial charge in [0.25, 0.3) is 5.91 Å². The smallest absolute Gasteiger partial charge is 0.358 e. The first-order chi connectivity index (χ1) is 23.7. The van der Waals surface area contributed by atoms with E-state index in [1.165, 1.54) is 30.5 Å². The van der Waals surface area contributed by atoms with Crippen molar-refractivity contribution in [2.75, 3.05) is 23.8 Å². The molecule has 0 saturated carbocycles. The van der Waals surface area contributed by atoms with Gasteiger partial charge in [0.1, 0.15) is 11.6 Å². The molecule has 2 amide bonds. The molecule has 1 unspecified atom stereocenters. The Labute approximate surface area is 279 Å². The number of aromatic hydroxyl groups is 1. The summed E-state index contributed by atoms with van der Waals surface area (Å²) in [6, 6.07) is 20.0. The molecule has 0 fully saturated rings. The molecule has 3 aromatic carbocycles. The van der Waals surface area contributed by atoms with E-state index in [1.54, 1.807) is 76.8 Å². The Hall–Kier alpha value is -6.28. The summed E-state index contributed by atoms with van der Waals surface area (Å²) in [6.45, 7) is 1.75. The van der Waals surface area contributed by atoms with Gasteiger partial charge < -0.3 is 35.3 Å². The fraction of sp³-hybridized carbons (Fsp3) is 0.171. The molecule has 3 heterocycles. The van der Waals surface area contributed by atoms with Crippen LogP contribution in [0.25, 0.3) is 16.6 Å². The SMILES string of the molecule is CCOC(=O)c1cn2cccc(NC(=O)COc3nn(Cc4ccc(F)cc4)c4ccc(NC(=O)C(N)Cc5ccc(O)cc5)cc34)c2n1. The van der Waals surface area contributed by atoms with Crippen molar-refractivity contribution in [2.24, 2.45) is 5.73 Å². The molecule has 6 aromatic rings. The average Bonchev–Trinajstić information content (AvgIpc) is 3.68. The second-order valence-electron chi connectivity index (χ2n) is 11.1. The van der Waals surface area contributed by atoms with E-state index in [0.717, 1.165) is 11.1 Å². The Morgan fingerprint density at radius 2 is 1.76 bits per heavy atom. The van der Waals surface area contributed by atoms with Gasteiger partial charge in [-0.1, -0.05) is 24.3 Å². The number of ether oxygens (including phenoxy) is 2. The molecule has 13 nitrogen and oxygen atoms in total. The molecule has 0 aliphatic heterocycles. The number of nitrogens with two attached hydrogens (primary N) is 1. The quantitative estimate of drug-likeness (QED) is 0.139. The van der Waals surface area contributed by atoms with Gasteiger partial charge in [-0.2, -0.15) is 0 Å². The van der Waals surface area contributed by atoms with Crippen LogP contribution in [0, 0.1) is 5.82 Å². The van der Waals surface area contributed by atoms with Crippen LogP contribution in [0.1, 0.15) is 28.5 Å². The first-order valence-corrected chi connectivity index (χ1v) is 15.3. The number of pyridine rings is 1. The fourth-order valence-corrected chi connectivity index (χ4v) is 5.17. The first-order valence-electron chi connectivity index (χ1n) is 15.3. The number of phenolic OH excluding ortho intramolecular Hbond substituents is 1. The minimum Gasteiger partial charge on any atom is -0.508 e. The van der Waals surface area contributed by atoms with Crippen LogP contribution in [0.15, 0.2) is 91.3 Å². The van der Waals surface area contributed by atoms with Crippen molar-refractivity contribution in [3.05, 3.63) is 114 Å². The number of aromatic nitrogens is 4. The van der Waals surface area contributed by atoms with Crippen molar-refractivity contribution in [1.82, 2.24) is 19.2 Å². The molecular weight excluding hydrogens is 633 g/mol. The lowest BCUT2D eigenvalue weighted by Crippen LogP contribution is -2.37. The van der Waals surface area contributed by atoms with E-state index in [1.807, 2.05) is 0 Å². The molecule has 0 spiro atoms. The van der Waals surface area contributed by atoms with Gasteiger partial charge in [-0.25, -0.2) is 14.2 Å². The topological polar surface area (TPSA) is 175 Å². The third-order valence-electron chi connectivity index (χ3n) is 7.54. The van der Waals surface area contributed by atoms with Crippen LogP contribution < -0.4 is 21.1 Å². The third-order valence-corrected chi connectivity index (χ3v) is 7.54. The van der Waals surface area contributed by atoms with Gasteiger partial charge in [-0.15, -0.1) is 5.10 Å². The van der Waals surface area contributed by atoms with Crippen LogP contribution in [-0.4, -0.2) is 61.3 Å². The van der Waals surface area contributed by atoms with Crippen molar-refractivity contribution >= 4 is 45.7 Å². The van der Waals surface area contributed by atoms with Crippen LogP contribution in [0.4, 0.5) is 15.8 Å². The van der Waals surface area contributed by atoms with Crippen molar-refractivity contribution in [3.8, 4) is 11.6 Å². The highest BCUT2D eigenvalue weighted by molar-refractivity contribution is 5.99. The Kier molecular flexibility index (Phi) is 9.48. The number of rotatable bonds is 12. The Morgan fingerprint density at radius 1 is 1.00 bits per heavy atom. The summed E-state index contributed by atoms with van der Waals surface area (Å²) in [5.74, 6) is -1.64. The zero-order valence-corrected chi connectivity index (χ0v) is 26.3. The molecule has 250 valence electrons. The van der Waals surface area contributed by atoms with Crippen LogP contribution in [-0.2, 0) is 27.3 Å². The second-order valence-corrected chi connectivity index (χ2v) is 11.1. The zero-order chi connectivity index (χ0) is 34.5. The Balaban J connectivity index is 1.21. The van der Waals surface area contributed by atoms with Gasteiger partial charge in [0.2, 0.25) is 11.8 Å². The minimum absolute atomic E-state index is 0.0992. The molecule has 0 aliphatic rings. The number of anilines is 2. The predicted molar refractivity (Wildman–Crippen MR) is 179 cm³/mol. The summed E-state index contributed by atoms with van der Waals surface area (Å²) in [7, 11) is 0. The number of amides is 2. The monoisotopic (exact) mass is 665 g/mol. The Morgan fingerprint density at radius 3 is 2.51 bits per heavy atom. The minimum atomic E-state index is -0.867. The molecular formula is C35H32FN7O6. The first kappa shape index (κ1) is 32.7. The average molecular weight is 666 g/mol. The number of carbonyl (C=O) groups excluding carboxylic acids is 3. The third kappa shape index (κ3) is 7.66. The molecule has 0 aliphatic carbocycles. The number of hydrogen-bond acceptors (Lipinski definition) is 9. The number of fused-ring (bicyclic) bond motifs is 2. The lowest BCUT2D eigenvalue weighted by molar-refractivity contribution is -0.118. The van der Waals surface area contributed by atoms with Crippen molar-refractivity contribution in [1.29, 1.82) is 0 Å². The van der Waals surface area contributed by atoms with Crippen molar-refractivity contribution < 1.29 is 33.4 Å². The Bertz CT molecular complexity index is 2140. The summed E-state index contributed by atoms with van der Waals surface area (Å²) in [5.41, 5.74) is 9.60. The lowest BCUT2D eigenvalue weighted by Gasteiger charge is -2.13. The number of imidazole rings is 1. The zero-order valence-electron chi connectivity index (χ0n) is 26.3. The van der Waals surface area contributed by atoms with Crippen LogP contribution in [0.5, 0.6) is 11.6 Å². The highest BCUT2D eigenvalue weighted by atomic mass is 19.1. The molecule has 49 heavy (non-hydrogen) atoms. The summed E-state index contributed by atoms with van der Waals surface area (Å²) in [5, 5.41) is 20.2. The van der Waals surface area contributed by atoms with Gasteiger partial charge in [0, 0.05) is 18.1 Å². The lowest BCUT2D eigenvalue weighted by atomic mass is 10.1. The maximum atomic E-state index is 13.6. The highest BCUT2D eigenvalue weighted by Crippen LogP contribution is 2.29. The maximum absolute atomic E-state index is 13.6. The van der Waals surface area contributed by atoms with Gasteiger partial charge in [0.05, 0.1) is 35.8 Å². The van der Waals surface area contributed by atoms with Crippen molar-refractivity contribution in [2.45, 2.75) is 25.9 Å². The van der Waals surface area contributed by atoms with E-state index >= 15 is 0 Å². The number of halogens is 1. The summed E-state index contributed by atoms with van der Waals surface area (Å²) >= 11 is 0. The van der Waals surface area contributed by atoms with Gasteiger partial charge in [-0.05, 0) is 79.1 Å². The van der Waals surface area contributed by atoms with Gasteiger partial charge >= 0.3 is 5.97 Å². The number of nitrogens with one attached hydrogen (secondary N) is 2. The molecule has 14 heteroatoms. The molecule has 3 aromatic heterocycles. The van der Waals surface area contributed by atoms with Gasteiger partial charge in [-0.3, -0.25) is 14.3 Å². The molecule has 5 N–H and O–H groups in total. The van der Waals surface area contributed by atoms with Crippen LogP contribution in [0.3, 0.4) is 0 Å². The second kappa shape index (κ2) is 14.2. The van der Waals surface area contributed by atoms with Gasteiger partial charge in [0.15, 0.2) is 17.9 Å². The number of phenols is 1. The highest BCUT2D eigenvalue weighted by Gasteiger charge is 2.19. The number of benzene rings is 3. The molecule has 0 radical (unpaired) electrons. The number of esters is 1. The van der Waals surface area contributed by atoms with E-state index in [2.05, 4.69) is 20.7 Å². The van der Waals surface area contributed by atoms with E-state index in [-0.39, 0.29) is 42.7 Å². The predicted octanol–water partition coefficient (Wildman–Crippen LogP) is 4.28. The fourth-order valence-electron chi connectivity index (χ4n) is 5.17. The normalized spacial score (nSPS) is 11.7. The summed E-state index contributed by atoms with van der Waals surface area (Å²) in [6.07, 6.45) is 3.45. The van der Waals surface area contributed by atoms with E-state index < -0.39 is 30.4 Å². The van der Waals surface area contributed by atoms with E-state index in [9.17, 15) is 23.9 Å². The summed E-state index contributed by atoms with van der Waals surface area (Å²) < 4.78 is 27.7. The van der Waals surface area contributed by atoms with Crippen LogP contribution in [0.2, 0.25) is 0 Å². The van der Waals surface area contributed by atoms with E-state index in [0.29, 0.717) is 27.9 Å². The summed E-state index contributed by atoms with van der Waals surface area (Å²) in [4.78, 5) is 42.5. The maximum Gasteiger partial charge on any atom is 0.358 e. The largest absolute Gasteiger partial charge is 0.508 e. The number of nitrogens with zero attached hydrogens (tertiary/aromatic N) is 4. The van der Waals surface area contributed by atoms with E-state index in [4.69, 9.17) is 15.2 Å². The standard InChI is InChI=1S/C35H32FN7O6/c1-2-48-35(47)29-19-42-15-3-4-28(32(42)40-29)39-31(45)20-49-34-26-17-24(38-33(46)27(37)16-21-7-12-25(44)13-8-21)11-14-30(26)43(41-34)18-22-5-9-23(36)10-6-22/h3-15,17,19,27,44H,2,16,18,20,37H2,1H3,(H,38,46)(H,39,45). The molecule has 1 atom stereocenters. The molecule has 0 saturated heterocycles. The van der Waals surface area contributed by atoms with Crippen molar-refractivity contribution in [3.63, 3.8) is 0 Å². The number of carbonyl (C=O) groups is 3. The molecule has 0 bridgehead atoms. The number of hydrogen-bond donors (Lipinski definition) is 4. The van der Waals surface area contributed by atoms with Crippen LogP contribution >= 0.6 is 0 Å².